The molecule has 0 amide bonds. The summed E-state index contributed by atoms with van der Waals surface area (Å²) in [5.74, 6) is -4.92. The van der Waals surface area contributed by atoms with Crippen molar-refractivity contribution >= 4 is 12.4 Å². The molecule has 1 rings (SSSR count). The minimum absolute atomic E-state index is 0. The van der Waals surface area contributed by atoms with Crippen LogP contribution in [-0.2, 0) is 0 Å². The Kier molecular flexibility index (Phi) is 5.30. The Labute approximate surface area is 106 Å². The number of hydrogen-bond donors (Lipinski definition) is 1. The van der Waals surface area contributed by atoms with Gasteiger partial charge in [0.15, 0.2) is 0 Å². The maximum Gasteiger partial charge on any atom is 0.455 e. The summed E-state index contributed by atoms with van der Waals surface area (Å²) >= 11 is 0. The van der Waals surface area contributed by atoms with Crippen molar-refractivity contribution in [2.75, 3.05) is 7.11 Å². The molecule has 0 aromatic carbocycles. The summed E-state index contributed by atoms with van der Waals surface area (Å²) in [6, 6.07) is -0.335. The lowest BCUT2D eigenvalue weighted by Gasteiger charge is -2.25. The molecule has 0 radical (unpaired) electrons. The molecule has 1 aromatic rings. The van der Waals surface area contributed by atoms with Crippen LogP contribution in [0.1, 0.15) is 11.6 Å². The average molecular weight is 293 g/mol. The number of hydrogen-bond acceptors (Lipinski definition) is 3. The van der Waals surface area contributed by atoms with Crippen LogP contribution < -0.4 is 10.5 Å². The summed E-state index contributed by atoms with van der Waals surface area (Å²) in [6.45, 7) is 0. The van der Waals surface area contributed by atoms with Crippen LogP contribution in [0.3, 0.4) is 0 Å². The van der Waals surface area contributed by atoms with E-state index in [-0.39, 0.29) is 18.3 Å². The van der Waals surface area contributed by atoms with Crippen LogP contribution in [0.25, 0.3) is 0 Å². The van der Waals surface area contributed by atoms with Crippen LogP contribution in [0.4, 0.5) is 22.0 Å². The molecular formula is C9H10ClF5N2O. The Morgan fingerprint density at radius 3 is 2.11 bits per heavy atom. The summed E-state index contributed by atoms with van der Waals surface area (Å²) in [5, 5.41) is 0. The van der Waals surface area contributed by atoms with Crippen molar-refractivity contribution in [3.05, 3.63) is 23.9 Å². The molecule has 0 aliphatic heterocycles. The van der Waals surface area contributed by atoms with Crippen LogP contribution in [-0.4, -0.2) is 24.2 Å². The first-order valence-electron chi connectivity index (χ1n) is 4.40. The van der Waals surface area contributed by atoms with Crippen LogP contribution >= 0.6 is 12.4 Å². The van der Waals surface area contributed by atoms with Crippen LogP contribution in [0.5, 0.6) is 5.88 Å². The smallest absolute Gasteiger partial charge is 0.455 e. The maximum absolute atomic E-state index is 12.9. The SMILES string of the molecule is COc1ccc([C@H](N)C(F)(F)C(F)(F)F)cn1.Cl. The fraction of sp³-hybridized carbons (Fsp3) is 0.444. The fourth-order valence-corrected chi connectivity index (χ4v) is 1.08. The number of nitrogens with zero attached hydrogens (tertiary/aromatic N) is 1. The highest BCUT2D eigenvalue weighted by atomic mass is 35.5. The normalized spacial score (nSPS) is 13.7. The molecule has 104 valence electrons. The Morgan fingerprint density at radius 2 is 1.78 bits per heavy atom. The molecule has 0 bridgehead atoms. The summed E-state index contributed by atoms with van der Waals surface area (Å²) in [6.07, 6.45) is -4.88. The molecule has 0 spiro atoms. The van der Waals surface area contributed by atoms with Crippen LogP contribution in [0.2, 0.25) is 0 Å². The lowest BCUT2D eigenvalue weighted by atomic mass is 10.0. The molecule has 9 heteroatoms. The minimum atomic E-state index is -5.70. The molecule has 0 unspecified atom stereocenters. The third-order valence-corrected chi connectivity index (χ3v) is 2.10. The van der Waals surface area contributed by atoms with E-state index in [1.165, 1.54) is 7.11 Å². The van der Waals surface area contributed by atoms with Gasteiger partial charge in [-0.2, -0.15) is 22.0 Å². The quantitative estimate of drug-likeness (QED) is 0.872. The molecule has 0 fully saturated rings. The minimum Gasteiger partial charge on any atom is -0.481 e. The number of rotatable bonds is 3. The van der Waals surface area contributed by atoms with E-state index in [9.17, 15) is 22.0 Å². The largest absolute Gasteiger partial charge is 0.481 e. The fourth-order valence-electron chi connectivity index (χ4n) is 1.08. The molecule has 2 N–H and O–H groups in total. The molecular weight excluding hydrogens is 283 g/mol. The van der Waals surface area contributed by atoms with Crippen molar-refractivity contribution in [1.82, 2.24) is 4.98 Å². The van der Waals surface area contributed by atoms with E-state index in [2.05, 4.69) is 9.72 Å². The van der Waals surface area contributed by atoms with Gasteiger partial charge in [0.05, 0.1) is 7.11 Å². The number of ether oxygens (including phenoxy) is 1. The number of nitrogens with two attached hydrogens (primary N) is 1. The van der Waals surface area contributed by atoms with Gasteiger partial charge < -0.3 is 10.5 Å². The summed E-state index contributed by atoms with van der Waals surface area (Å²) in [4.78, 5) is 3.51. The van der Waals surface area contributed by atoms with Gasteiger partial charge in [-0.1, -0.05) is 6.07 Å². The third-order valence-electron chi connectivity index (χ3n) is 2.10. The topological polar surface area (TPSA) is 48.1 Å². The number of halogens is 6. The van der Waals surface area contributed by atoms with E-state index in [0.29, 0.717) is 0 Å². The van der Waals surface area contributed by atoms with Crippen LogP contribution in [0, 0.1) is 0 Å². The van der Waals surface area contributed by atoms with Crippen molar-refractivity contribution in [2.45, 2.75) is 18.1 Å². The highest BCUT2D eigenvalue weighted by Gasteiger charge is 2.61. The molecule has 0 aliphatic rings. The Morgan fingerprint density at radius 1 is 1.22 bits per heavy atom. The summed E-state index contributed by atoms with van der Waals surface area (Å²) in [7, 11) is 1.28. The Balaban J connectivity index is 0.00000289. The van der Waals surface area contributed by atoms with Gasteiger partial charge in [0, 0.05) is 12.3 Å². The Hall–Kier alpha value is -1.15. The van der Waals surface area contributed by atoms with E-state index in [1.54, 1.807) is 0 Å². The molecule has 0 aliphatic carbocycles. The second-order valence-corrected chi connectivity index (χ2v) is 3.23. The van der Waals surface area contributed by atoms with E-state index < -0.39 is 23.7 Å². The van der Waals surface area contributed by atoms with Gasteiger partial charge in [0.2, 0.25) is 5.88 Å². The predicted molar refractivity (Wildman–Crippen MR) is 56.0 cm³/mol. The highest BCUT2D eigenvalue weighted by molar-refractivity contribution is 5.85. The first-order chi connectivity index (χ1) is 7.70. The molecule has 1 atom stereocenters. The van der Waals surface area contributed by atoms with E-state index in [0.717, 1.165) is 18.3 Å². The standard InChI is InChI=1S/C9H9F5N2O.ClH/c1-17-6-3-2-5(4-16-6)7(15)8(10,11)9(12,13)14;/h2-4,7H,15H2,1H3;1H/t7-;/m0./s1. The van der Waals surface area contributed by atoms with Crippen molar-refractivity contribution in [1.29, 1.82) is 0 Å². The van der Waals surface area contributed by atoms with Gasteiger partial charge in [-0.05, 0) is 5.56 Å². The summed E-state index contributed by atoms with van der Waals surface area (Å²) < 4.78 is 66.5. The second kappa shape index (κ2) is 5.66. The van der Waals surface area contributed by atoms with Gasteiger partial charge in [-0.25, -0.2) is 4.98 Å². The Bertz CT molecular complexity index is 382. The molecule has 18 heavy (non-hydrogen) atoms. The number of pyridine rings is 1. The van der Waals surface area contributed by atoms with Gasteiger partial charge in [-0.15, -0.1) is 12.4 Å². The van der Waals surface area contributed by atoms with Crippen molar-refractivity contribution in [2.24, 2.45) is 5.73 Å². The first kappa shape index (κ1) is 16.9. The van der Waals surface area contributed by atoms with Crippen molar-refractivity contribution in [3.63, 3.8) is 0 Å². The molecule has 1 aromatic heterocycles. The predicted octanol–water partition coefficient (Wildman–Crippen LogP) is 2.71. The number of alkyl halides is 5. The lowest BCUT2D eigenvalue weighted by Crippen LogP contribution is -2.45. The first-order valence-corrected chi connectivity index (χ1v) is 4.40. The van der Waals surface area contributed by atoms with Crippen molar-refractivity contribution in [3.8, 4) is 5.88 Å². The average Bonchev–Trinajstić information content (AvgIpc) is 2.26. The molecule has 0 saturated carbocycles. The number of methoxy groups -OCH3 is 1. The van der Waals surface area contributed by atoms with Gasteiger partial charge in [0.25, 0.3) is 0 Å². The lowest BCUT2D eigenvalue weighted by molar-refractivity contribution is -0.291. The monoisotopic (exact) mass is 292 g/mol. The zero-order valence-electron chi connectivity index (χ0n) is 9.04. The van der Waals surface area contributed by atoms with E-state index >= 15 is 0 Å². The zero-order valence-corrected chi connectivity index (χ0v) is 9.86. The van der Waals surface area contributed by atoms with Gasteiger partial charge in [0.1, 0.15) is 6.04 Å². The van der Waals surface area contributed by atoms with Gasteiger partial charge in [-0.3, -0.25) is 0 Å². The summed E-state index contributed by atoms with van der Waals surface area (Å²) in [5.41, 5.74) is 4.48. The van der Waals surface area contributed by atoms with Gasteiger partial charge >= 0.3 is 12.1 Å². The van der Waals surface area contributed by atoms with Crippen molar-refractivity contribution < 1.29 is 26.7 Å². The van der Waals surface area contributed by atoms with E-state index in [1.807, 2.05) is 0 Å². The van der Waals surface area contributed by atoms with E-state index in [4.69, 9.17) is 5.73 Å². The second-order valence-electron chi connectivity index (χ2n) is 3.23. The molecule has 0 saturated heterocycles. The molecule has 3 nitrogen and oxygen atoms in total. The maximum atomic E-state index is 12.9. The highest BCUT2D eigenvalue weighted by Crippen LogP contribution is 2.43. The third kappa shape index (κ3) is 3.20. The number of aromatic nitrogens is 1. The molecule has 1 heterocycles. The zero-order chi connectivity index (χ0) is 13.3. The van der Waals surface area contributed by atoms with Crippen LogP contribution in [0.15, 0.2) is 18.3 Å².